The van der Waals surface area contributed by atoms with Crippen molar-refractivity contribution in [3.63, 3.8) is 0 Å². The molecule has 0 saturated heterocycles. The van der Waals surface area contributed by atoms with Crippen molar-refractivity contribution in [3.05, 3.63) is 95.6 Å². The maximum atomic E-state index is 12.4. The van der Waals surface area contributed by atoms with Crippen LogP contribution in [-0.2, 0) is 14.3 Å². The van der Waals surface area contributed by atoms with Gasteiger partial charge in [0.2, 0.25) is 0 Å². The third-order valence-electron chi connectivity index (χ3n) is 5.62. The number of esters is 1. The highest BCUT2D eigenvalue weighted by Gasteiger charge is 2.29. The fraction of sp³-hybridized carbons (Fsp3) is 0.192. The second-order valence-corrected chi connectivity index (χ2v) is 7.62. The van der Waals surface area contributed by atoms with Gasteiger partial charge in [0.25, 0.3) is 5.91 Å². The Hall–Kier alpha value is -4.13. The van der Waals surface area contributed by atoms with Crippen molar-refractivity contribution in [3.8, 4) is 11.1 Å². The van der Waals surface area contributed by atoms with Crippen molar-refractivity contribution >= 4 is 18.0 Å². The van der Waals surface area contributed by atoms with E-state index < -0.39 is 24.0 Å². The zero-order valence-electron chi connectivity index (χ0n) is 18.1. The van der Waals surface area contributed by atoms with Crippen molar-refractivity contribution in [1.29, 1.82) is 0 Å². The minimum atomic E-state index is -1.05. The molecule has 3 aromatic carbocycles. The van der Waals surface area contributed by atoms with Gasteiger partial charge in [-0.2, -0.15) is 0 Å². The van der Waals surface area contributed by atoms with E-state index in [1.165, 1.54) is 7.11 Å². The van der Waals surface area contributed by atoms with Gasteiger partial charge in [-0.3, -0.25) is 4.79 Å². The Morgan fingerprint density at radius 3 is 2.03 bits per heavy atom. The molecule has 1 aliphatic rings. The summed E-state index contributed by atoms with van der Waals surface area (Å²) in [6, 6.07) is 23.5. The summed E-state index contributed by atoms with van der Waals surface area (Å²) >= 11 is 0. The molecule has 7 nitrogen and oxygen atoms in total. The van der Waals surface area contributed by atoms with Crippen molar-refractivity contribution in [2.45, 2.75) is 12.0 Å². The lowest BCUT2D eigenvalue weighted by atomic mass is 9.98. The number of carbonyl (C=O) groups excluding carboxylic acids is 3. The van der Waals surface area contributed by atoms with Gasteiger partial charge < -0.3 is 20.1 Å². The van der Waals surface area contributed by atoms with Gasteiger partial charge in [0.05, 0.1) is 13.7 Å². The average Bonchev–Trinajstić information content (AvgIpc) is 3.18. The summed E-state index contributed by atoms with van der Waals surface area (Å²) in [4.78, 5) is 36.9. The van der Waals surface area contributed by atoms with E-state index in [1.54, 1.807) is 30.3 Å². The van der Waals surface area contributed by atoms with Crippen LogP contribution < -0.4 is 10.6 Å². The van der Waals surface area contributed by atoms with Gasteiger partial charge in [-0.15, -0.1) is 0 Å². The number of alkyl carbamates (subject to hydrolysis) is 1. The zero-order valence-corrected chi connectivity index (χ0v) is 18.1. The van der Waals surface area contributed by atoms with Gasteiger partial charge in [0.1, 0.15) is 12.6 Å². The van der Waals surface area contributed by atoms with E-state index in [0.29, 0.717) is 5.56 Å². The standard InChI is InChI=1S/C26H24N2O5/c1-32-25(30)23(28-24(29)17-9-3-2-4-10-17)15-27-26(31)33-16-22-20-13-7-5-11-18(20)19-12-6-8-14-21(19)22/h2-14,22-23H,15-16H2,1H3,(H,27,31)(H,28,29)/t23-/m1/s1. The van der Waals surface area contributed by atoms with Crippen LogP contribution in [0, 0.1) is 0 Å². The molecule has 4 rings (SSSR count). The predicted octanol–water partition coefficient (Wildman–Crippen LogP) is 3.50. The van der Waals surface area contributed by atoms with Crippen LogP contribution in [0.25, 0.3) is 11.1 Å². The van der Waals surface area contributed by atoms with Crippen LogP contribution >= 0.6 is 0 Å². The number of benzene rings is 3. The Bertz CT molecular complexity index is 1120. The normalized spacial score (nSPS) is 12.8. The second kappa shape index (κ2) is 9.99. The van der Waals surface area contributed by atoms with Gasteiger partial charge in [-0.05, 0) is 34.4 Å². The minimum absolute atomic E-state index is 0.0719. The van der Waals surface area contributed by atoms with Crippen molar-refractivity contribution in [2.24, 2.45) is 0 Å². The lowest BCUT2D eigenvalue weighted by molar-refractivity contribution is -0.142. The van der Waals surface area contributed by atoms with Gasteiger partial charge in [-0.25, -0.2) is 9.59 Å². The molecule has 168 valence electrons. The molecule has 0 aromatic heterocycles. The summed E-state index contributed by atoms with van der Waals surface area (Å²) in [5, 5.41) is 5.13. The first-order valence-electron chi connectivity index (χ1n) is 10.6. The highest BCUT2D eigenvalue weighted by Crippen LogP contribution is 2.44. The van der Waals surface area contributed by atoms with Crippen LogP contribution in [-0.4, -0.2) is 44.3 Å². The third-order valence-corrected chi connectivity index (χ3v) is 5.62. The van der Waals surface area contributed by atoms with E-state index in [0.717, 1.165) is 22.3 Å². The Kier molecular flexibility index (Phi) is 6.69. The van der Waals surface area contributed by atoms with Gasteiger partial charge >= 0.3 is 12.1 Å². The van der Waals surface area contributed by atoms with Crippen molar-refractivity contribution in [1.82, 2.24) is 10.6 Å². The molecule has 2 N–H and O–H groups in total. The minimum Gasteiger partial charge on any atom is -0.467 e. The Labute approximate surface area is 191 Å². The molecular weight excluding hydrogens is 420 g/mol. The summed E-state index contributed by atoms with van der Waals surface area (Å²) in [7, 11) is 1.22. The number of amides is 2. The van der Waals surface area contributed by atoms with E-state index >= 15 is 0 Å². The van der Waals surface area contributed by atoms with Crippen LogP contribution in [0.3, 0.4) is 0 Å². The van der Waals surface area contributed by atoms with E-state index in [9.17, 15) is 14.4 Å². The zero-order chi connectivity index (χ0) is 23.2. The maximum absolute atomic E-state index is 12.4. The summed E-state index contributed by atoms with van der Waals surface area (Å²) in [6.45, 7) is -0.0129. The smallest absolute Gasteiger partial charge is 0.407 e. The highest BCUT2D eigenvalue weighted by atomic mass is 16.5. The van der Waals surface area contributed by atoms with Crippen LogP contribution in [0.15, 0.2) is 78.9 Å². The molecular formula is C26H24N2O5. The van der Waals surface area contributed by atoms with E-state index in [-0.39, 0.29) is 19.1 Å². The lowest BCUT2D eigenvalue weighted by Gasteiger charge is -2.18. The first-order chi connectivity index (χ1) is 16.1. The lowest BCUT2D eigenvalue weighted by Crippen LogP contribution is -2.49. The summed E-state index contributed by atoms with van der Waals surface area (Å²) in [5.74, 6) is -1.18. The highest BCUT2D eigenvalue weighted by molar-refractivity contribution is 5.96. The molecule has 1 aliphatic carbocycles. The first-order valence-corrected chi connectivity index (χ1v) is 10.6. The molecule has 0 radical (unpaired) electrons. The molecule has 0 aliphatic heterocycles. The van der Waals surface area contributed by atoms with Crippen molar-refractivity contribution < 1.29 is 23.9 Å². The van der Waals surface area contributed by atoms with Gasteiger partial charge in [0, 0.05) is 11.5 Å². The Balaban J connectivity index is 1.36. The fourth-order valence-electron chi connectivity index (χ4n) is 4.00. The summed E-state index contributed by atoms with van der Waals surface area (Å²) < 4.78 is 10.2. The molecule has 7 heteroatoms. The number of rotatable bonds is 7. The number of methoxy groups -OCH3 is 1. The molecule has 0 unspecified atom stereocenters. The number of hydrogen-bond acceptors (Lipinski definition) is 5. The largest absolute Gasteiger partial charge is 0.467 e. The van der Waals surface area contributed by atoms with E-state index in [2.05, 4.69) is 22.8 Å². The monoisotopic (exact) mass is 444 g/mol. The molecule has 33 heavy (non-hydrogen) atoms. The average molecular weight is 444 g/mol. The van der Waals surface area contributed by atoms with Crippen LogP contribution in [0.4, 0.5) is 4.79 Å². The number of nitrogens with one attached hydrogen (secondary N) is 2. The molecule has 0 heterocycles. The molecule has 0 fully saturated rings. The van der Waals surface area contributed by atoms with E-state index in [4.69, 9.17) is 9.47 Å². The second-order valence-electron chi connectivity index (χ2n) is 7.62. The third kappa shape index (κ3) is 4.87. The van der Waals surface area contributed by atoms with Crippen LogP contribution in [0.1, 0.15) is 27.4 Å². The molecule has 3 aromatic rings. The topological polar surface area (TPSA) is 93.7 Å². The van der Waals surface area contributed by atoms with Crippen LogP contribution in [0.5, 0.6) is 0 Å². The molecule has 0 bridgehead atoms. The molecule has 1 atom stereocenters. The predicted molar refractivity (Wildman–Crippen MR) is 123 cm³/mol. The quantitative estimate of drug-likeness (QED) is 0.544. The number of carbonyl (C=O) groups is 3. The van der Waals surface area contributed by atoms with Gasteiger partial charge in [0.15, 0.2) is 0 Å². The molecule has 0 saturated carbocycles. The summed E-state index contributed by atoms with van der Waals surface area (Å²) in [5.41, 5.74) is 4.88. The Morgan fingerprint density at radius 2 is 1.42 bits per heavy atom. The number of ether oxygens (including phenoxy) is 2. The maximum Gasteiger partial charge on any atom is 0.407 e. The summed E-state index contributed by atoms with van der Waals surface area (Å²) in [6.07, 6.45) is -0.681. The fourth-order valence-corrected chi connectivity index (χ4v) is 4.00. The van der Waals surface area contributed by atoms with Crippen LogP contribution in [0.2, 0.25) is 0 Å². The number of hydrogen-bond donors (Lipinski definition) is 2. The number of fused-ring (bicyclic) bond motifs is 3. The molecule has 2 amide bonds. The molecule has 0 spiro atoms. The Morgan fingerprint density at radius 1 is 0.848 bits per heavy atom. The van der Waals surface area contributed by atoms with Gasteiger partial charge in [-0.1, -0.05) is 66.7 Å². The SMILES string of the molecule is COC(=O)[C@@H](CNC(=O)OCC1c2ccccc2-c2ccccc21)NC(=O)c1ccccc1. The van der Waals surface area contributed by atoms with Crippen molar-refractivity contribution in [2.75, 3.05) is 20.3 Å². The van der Waals surface area contributed by atoms with E-state index in [1.807, 2.05) is 36.4 Å². The first kappa shape index (κ1) is 22.1.